The number of H-pyrrole nitrogens is 1. The van der Waals surface area contributed by atoms with Gasteiger partial charge in [-0.05, 0) is 59.3 Å². The molecule has 8 heteroatoms. The highest BCUT2D eigenvalue weighted by Crippen LogP contribution is 2.22. The number of aromatic amines is 1. The van der Waals surface area contributed by atoms with E-state index in [0.29, 0.717) is 12.1 Å². The zero-order valence-electron chi connectivity index (χ0n) is 19.3. The molecule has 2 aromatic carbocycles. The van der Waals surface area contributed by atoms with E-state index in [-0.39, 0.29) is 17.7 Å². The van der Waals surface area contributed by atoms with Crippen LogP contribution in [0.25, 0.3) is 10.9 Å². The molecule has 174 valence electrons. The molecule has 2 aliphatic rings. The number of hydrogen-bond donors (Lipinski definition) is 2. The van der Waals surface area contributed by atoms with Gasteiger partial charge in [0, 0.05) is 24.1 Å². The molecule has 0 bridgehead atoms. The van der Waals surface area contributed by atoms with Crippen molar-refractivity contribution in [2.45, 2.75) is 51.4 Å². The van der Waals surface area contributed by atoms with Gasteiger partial charge in [-0.15, -0.1) is 5.10 Å². The molecule has 4 heterocycles. The Morgan fingerprint density at radius 3 is 2.94 bits per heavy atom. The van der Waals surface area contributed by atoms with Crippen LogP contribution in [0.3, 0.4) is 0 Å². The Morgan fingerprint density at radius 1 is 1.21 bits per heavy atom. The largest absolute Gasteiger partial charge is 0.376 e. The second-order valence-corrected chi connectivity index (χ2v) is 9.54. The average molecular weight is 458 g/mol. The molecule has 1 unspecified atom stereocenters. The fourth-order valence-corrected chi connectivity index (χ4v) is 5.48. The summed E-state index contributed by atoms with van der Waals surface area (Å²) in [5.41, 5.74) is 5.32. The third-order valence-corrected chi connectivity index (χ3v) is 7.22. The first-order valence-corrected chi connectivity index (χ1v) is 12.1. The highest BCUT2D eigenvalue weighted by molar-refractivity contribution is 5.79. The van der Waals surface area contributed by atoms with Crippen molar-refractivity contribution in [2.75, 3.05) is 13.2 Å². The van der Waals surface area contributed by atoms with Gasteiger partial charge in [0.1, 0.15) is 6.54 Å². The molecule has 8 nitrogen and oxygen atoms in total. The first-order chi connectivity index (χ1) is 16.7. The molecule has 34 heavy (non-hydrogen) atoms. The Balaban J connectivity index is 1.46. The van der Waals surface area contributed by atoms with Gasteiger partial charge in [0.25, 0.3) is 5.56 Å². The minimum absolute atomic E-state index is 0.0839. The lowest BCUT2D eigenvalue weighted by atomic mass is 9.95. The van der Waals surface area contributed by atoms with E-state index in [1.165, 1.54) is 16.0 Å². The van der Waals surface area contributed by atoms with Crippen LogP contribution in [0, 0.1) is 6.92 Å². The van der Waals surface area contributed by atoms with Gasteiger partial charge < -0.3 is 14.6 Å². The first-order valence-electron chi connectivity index (χ1n) is 12.1. The quantitative estimate of drug-likeness (QED) is 0.477. The second-order valence-electron chi connectivity index (χ2n) is 9.54. The van der Waals surface area contributed by atoms with E-state index in [1.807, 2.05) is 22.9 Å². The molecule has 2 aliphatic heterocycles. The van der Waals surface area contributed by atoms with E-state index in [9.17, 15) is 4.79 Å². The van der Waals surface area contributed by atoms with Gasteiger partial charge in [0.05, 0.1) is 24.8 Å². The summed E-state index contributed by atoms with van der Waals surface area (Å²) in [6.45, 7) is 5.17. The van der Waals surface area contributed by atoms with Gasteiger partial charge in [-0.3, -0.25) is 4.79 Å². The van der Waals surface area contributed by atoms with Crippen LogP contribution in [-0.4, -0.2) is 44.4 Å². The van der Waals surface area contributed by atoms with Crippen LogP contribution < -0.4 is 10.5 Å². The van der Waals surface area contributed by atoms with E-state index in [4.69, 9.17) is 4.74 Å². The van der Waals surface area contributed by atoms with Crippen molar-refractivity contribution in [1.29, 1.82) is 0 Å². The van der Waals surface area contributed by atoms with Crippen LogP contribution in [0.5, 0.6) is 0 Å². The maximum Gasteiger partial charge on any atom is 0.258 e. The molecule has 0 radical (unpaired) electrons. The summed E-state index contributed by atoms with van der Waals surface area (Å²) in [7, 11) is 0. The van der Waals surface area contributed by atoms with Crippen LogP contribution in [0.15, 0.2) is 53.3 Å². The number of nitrogens with one attached hydrogen (secondary N) is 2. The highest BCUT2D eigenvalue weighted by atomic mass is 16.5. The van der Waals surface area contributed by atoms with Crippen molar-refractivity contribution in [2.24, 2.45) is 0 Å². The normalized spacial score (nSPS) is 21.0. The van der Waals surface area contributed by atoms with E-state index < -0.39 is 0 Å². The smallest absolute Gasteiger partial charge is 0.258 e. The second kappa shape index (κ2) is 8.77. The molecule has 0 amide bonds. The van der Waals surface area contributed by atoms with Crippen molar-refractivity contribution in [3.05, 3.63) is 87.0 Å². The Morgan fingerprint density at radius 2 is 2.09 bits per heavy atom. The maximum atomic E-state index is 13.4. The molecule has 0 saturated carbocycles. The summed E-state index contributed by atoms with van der Waals surface area (Å²) < 4.78 is 7.72. The zero-order valence-corrected chi connectivity index (χ0v) is 19.3. The lowest BCUT2D eigenvalue weighted by Crippen LogP contribution is -3.12. The van der Waals surface area contributed by atoms with E-state index in [0.717, 1.165) is 61.2 Å². The Labute approximate surface area is 197 Å². The third kappa shape index (κ3) is 3.93. The number of fused-ring (bicyclic) bond motifs is 2. The topological polar surface area (TPSA) is 90.1 Å². The van der Waals surface area contributed by atoms with Crippen LogP contribution in [0.1, 0.15) is 47.0 Å². The molecular formula is C26H29N6O2+. The van der Waals surface area contributed by atoms with Crippen molar-refractivity contribution >= 4 is 10.9 Å². The molecule has 4 aromatic rings. The highest BCUT2D eigenvalue weighted by Gasteiger charge is 2.36. The summed E-state index contributed by atoms with van der Waals surface area (Å²) in [6, 6.07) is 16.4. The fourth-order valence-electron chi connectivity index (χ4n) is 5.48. The third-order valence-electron chi connectivity index (χ3n) is 7.22. The average Bonchev–Trinajstić information content (AvgIpc) is 3.53. The number of aryl methyl sites for hydroxylation is 1. The van der Waals surface area contributed by atoms with Gasteiger partial charge in [-0.1, -0.05) is 35.9 Å². The van der Waals surface area contributed by atoms with Gasteiger partial charge in [-0.25, -0.2) is 4.68 Å². The fraction of sp³-hybridized carbons (Fsp3) is 0.385. The minimum Gasteiger partial charge on any atom is -0.376 e. The molecule has 1 saturated heterocycles. The number of rotatable bonds is 5. The predicted octanol–water partition coefficient (Wildman–Crippen LogP) is 1.73. The zero-order chi connectivity index (χ0) is 23.1. The molecule has 6 rings (SSSR count). The number of ether oxygens (including phenoxy) is 1. The number of aromatic nitrogens is 5. The lowest BCUT2D eigenvalue weighted by Gasteiger charge is -2.32. The van der Waals surface area contributed by atoms with E-state index in [2.05, 4.69) is 57.8 Å². The van der Waals surface area contributed by atoms with Crippen molar-refractivity contribution in [1.82, 2.24) is 25.2 Å². The van der Waals surface area contributed by atoms with Gasteiger partial charge in [-0.2, -0.15) is 0 Å². The molecule has 2 N–H and O–H groups in total. The van der Waals surface area contributed by atoms with Crippen molar-refractivity contribution in [3.63, 3.8) is 0 Å². The van der Waals surface area contributed by atoms with Gasteiger partial charge in [0.15, 0.2) is 6.04 Å². The Hall–Kier alpha value is -3.36. The molecule has 1 fully saturated rings. The summed E-state index contributed by atoms with van der Waals surface area (Å²) in [4.78, 5) is 17.8. The summed E-state index contributed by atoms with van der Waals surface area (Å²) in [5, 5.41) is 13.9. The van der Waals surface area contributed by atoms with E-state index in [1.54, 1.807) is 0 Å². The van der Waals surface area contributed by atoms with E-state index >= 15 is 0 Å². The standard InChI is InChI=1S/C26H28N6O2/c1-17-8-9-23-20(13-17)14-22(26(33)27-23)24(31-11-10-18-5-2-3-6-19(18)15-31)25-28-29-30-32(25)16-21-7-4-12-34-21/h2-3,5-6,8-9,13-14,21,24H,4,7,10-12,15-16H2,1H3,(H,27,33)/p+1/t21-,24+/m1/s1. The maximum absolute atomic E-state index is 13.4. The van der Waals surface area contributed by atoms with Crippen molar-refractivity contribution < 1.29 is 9.64 Å². The number of pyridine rings is 1. The SMILES string of the molecule is Cc1ccc2[nH]c(=O)c([C@@H](c3nnnn3C[C@H]3CCCO3)[NH+]3CCc4ccccc4C3)cc2c1. The minimum atomic E-state index is -0.279. The summed E-state index contributed by atoms with van der Waals surface area (Å²) in [6.07, 6.45) is 3.13. The summed E-state index contributed by atoms with van der Waals surface area (Å²) >= 11 is 0. The number of tetrazole rings is 1. The number of nitrogens with zero attached hydrogens (tertiary/aromatic N) is 4. The Kier molecular flexibility index (Phi) is 5.47. The van der Waals surface area contributed by atoms with Crippen LogP contribution in [0.2, 0.25) is 0 Å². The molecule has 0 spiro atoms. The van der Waals surface area contributed by atoms with Gasteiger partial charge >= 0.3 is 0 Å². The van der Waals surface area contributed by atoms with Gasteiger partial charge in [0.2, 0.25) is 5.82 Å². The monoisotopic (exact) mass is 457 g/mol. The van der Waals surface area contributed by atoms with Crippen LogP contribution in [0.4, 0.5) is 0 Å². The Bertz CT molecular complexity index is 1390. The molecule has 0 aliphatic carbocycles. The predicted molar refractivity (Wildman–Crippen MR) is 128 cm³/mol. The number of hydrogen-bond acceptors (Lipinski definition) is 5. The molecular weight excluding hydrogens is 428 g/mol. The number of quaternary nitrogens is 1. The first kappa shape index (κ1) is 21.2. The summed E-state index contributed by atoms with van der Waals surface area (Å²) in [5.74, 6) is 0.724. The number of benzene rings is 2. The van der Waals surface area contributed by atoms with Crippen molar-refractivity contribution in [3.8, 4) is 0 Å². The lowest BCUT2D eigenvalue weighted by molar-refractivity contribution is -0.942. The van der Waals surface area contributed by atoms with Crippen LogP contribution in [-0.2, 0) is 24.2 Å². The molecule has 3 atom stereocenters. The molecule has 2 aromatic heterocycles. The van der Waals surface area contributed by atoms with Crippen LogP contribution >= 0.6 is 0 Å².